The molecular formula is C18H19FN2O4. The van der Waals surface area contributed by atoms with Crippen LogP contribution >= 0.6 is 0 Å². The van der Waals surface area contributed by atoms with Crippen LogP contribution in [0.25, 0.3) is 0 Å². The zero-order valence-electron chi connectivity index (χ0n) is 13.8. The molecule has 1 atom stereocenters. The lowest BCUT2D eigenvalue weighted by atomic mass is 10.0. The second kappa shape index (κ2) is 7.38. The van der Waals surface area contributed by atoms with Gasteiger partial charge < -0.3 is 19.4 Å². The largest absolute Gasteiger partial charge is 0.490 e. The predicted molar refractivity (Wildman–Crippen MR) is 90.6 cm³/mol. The van der Waals surface area contributed by atoms with Gasteiger partial charge in [0.1, 0.15) is 12.1 Å². The molecule has 1 saturated heterocycles. The van der Waals surface area contributed by atoms with Gasteiger partial charge in [-0.2, -0.15) is 0 Å². The molecule has 1 fully saturated rings. The Kier molecular flexibility index (Phi) is 5.02. The van der Waals surface area contributed by atoms with Crippen molar-refractivity contribution < 1.29 is 18.3 Å². The minimum Gasteiger partial charge on any atom is -0.490 e. The van der Waals surface area contributed by atoms with E-state index in [9.17, 15) is 14.0 Å². The van der Waals surface area contributed by atoms with Crippen molar-refractivity contribution in [1.29, 1.82) is 0 Å². The van der Waals surface area contributed by atoms with Crippen LogP contribution in [0.1, 0.15) is 23.4 Å². The van der Waals surface area contributed by atoms with Crippen molar-refractivity contribution in [2.24, 2.45) is 0 Å². The summed E-state index contributed by atoms with van der Waals surface area (Å²) in [4.78, 5) is 25.9. The molecule has 1 aliphatic rings. The summed E-state index contributed by atoms with van der Waals surface area (Å²) in [6.07, 6.45) is 2.71. The smallest absolute Gasteiger partial charge is 0.287 e. The van der Waals surface area contributed by atoms with E-state index < -0.39 is 11.3 Å². The molecule has 132 valence electrons. The molecule has 0 saturated carbocycles. The van der Waals surface area contributed by atoms with Crippen LogP contribution in [0.2, 0.25) is 0 Å². The van der Waals surface area contributed by atoms with Gasteiger partial charge in [-0.3, -0.25) is 9.59 Å². The van der Waals surface area contributed by atoms with Crippen LogP contribution in [0.5, 0.6) is 5.75 Å². The highest BCUT2D eigenvalue weighted by molar-refractivity contribution is 5.91. The Morgan fingerprint density at radius 3 is 2.92 bits per heavy atom. The molecule has 0 unspecified atom stereocenters. The Bertz CT molecular complexity index is 821. The van der Waals surface area contributed by atoms with E-state index in [1.165, 1.54) is 13.2 Å². The van der Waals surface area contributed by atoms with Crippen molar-refractivity contribution >= 4 is 11.6 Å². The number of methoxy groups -OCH3 is 1. The SMILES string of the molecule is COc1coc(C(=O)N[C@@H]2CCCN(c3ccccc3F)C2)cc1=O. The minimum atomic E-state index is -0.472. The van der Waals surface area contributed by atoms with Crippen molar-refractivity contribution in [1.82, 2.24) is 5.32 Å². The van der Waals surface area contributed by atoms with Crippen LogP contribution in [-0.2, 0) is 0 Å². The number of para-hydroxylation sites is 1. The quantitative estimate of drug-likeness (QED) is 0.919. The van der Waals surface area contributed by atoms with Crippen LogP contribution in [-0.4, -0.2) is 32.1 Å². The molecule has 1 aliphatic heterocycles. The molecule has 2 aromatic rings. The van der Waals surface area contributed by atoms with Gasteiger partial charge in [0, 0.05) is 25.2 Å². The van der Waals surface area contributed by atoms with Crippen molar-refractivity contribution in [3.05, 3.63) is 58.4 Å². The van der Waals surface area contributed by atoms with Gasteiger partial charge in [-0.25, -0.2) is 4.39 Å². The Morgan fingerprint density at radius 2 is 2.20 bits per heavy atom. The van der Waals surface area contributed by atoms with E-state index in [0.29, 0.717) is 12.2 Å². The number of carbonyl (C=O) groups excluding carboxylic acids is 1. The summed E-state index contributed by atoms with van der Waals surface area (Å²) in [7, 11) is 1.35. The molecule has 1 N–H and O–H groups in total. The van der Waals surface area contributed by atoms with Crippen molar-refractivity contribution in [3.8, 4) is 5.75 Å². The standard InChI is InChI=1S/C18H19FN2O4/c1-24-17-11-25-16(9-15(17)22)18(23)20-12-5-4-8-21(10-12)14-7-3-2-6-13(14)19/h2-3,6-7,9,11-12H,4-5,8,10H2,1H3,(H,20,23)/t12-/m1/s1. The maximum Gasteiger partial charge on any atom is 0.287 e. The number of amides is 1. The van der Waals surface area contributed by atoms with Gasteiger partial charge in [0.15, 0.2) is 5.76 Å². The topological polar surface area (TPSA) is 71.8 Å². The maximum absolute atomic E-state index is 14.0. The van der Waals surface area contributed by atoms with Crippen LogP contribution < -0.4 is 20.4 Å². The molecule has 1 amide bonds. The Balaban J connectivity index is 1.68. The second-order valence-electron chi connectivity index (χ2n) is 5.89. The zero-order chi connectivity index (χ0) is 17.8. The van der Waals surface area contributed by atoms with Gasteiger partial charge in [0.05, 0.1) is 12.8 Å². The minimum absolute atomic E-state index is 0.0416. The number of benzene rings is 1. The molecule has 3 rings (SSSR count). The molecule has 25 heavy (non-hydrogen) atoms. The Hall–Kier alpha value is -2.83. The molecule has 7 heteroatoms. The summed E-state index contributed by atoms with van der Waals surface area (Å²) < 4.78 is 23.9. The maximum atomic E-state index is 14.0. The number of halogens is 1. The number of nitrogens with one attached hydrogen (secondary N) is 1. The van der Waals surface area contributed by atoms with Crippen LogP contribution in [0.3, 0.4) is 0 Å². The lowest BCUT2D eigenvalue weighted by Gasteiger charge is -2.34. The van der Waals surface area contributed by atoms with Gasteiger partial charge in [0.25, 0.3) is 5.91 Å². The van der Waals surface area contributed by atoms with Crippen LogP contribution in [0, 0.1) is 5.82 Å². The molecule has 0 aliphatic carbocycles. The number of carbonyl (C=O) groups is 1. The van der Waals surface area contributed by atoms with Crippen molar-refractivity contribution in [2.45, 2.75) is 18.9 Å². The fourth-order valence-electron chi connectivity index (χ4n) is 2.95. The monoisotopic (exact) mass is 346 g/mol. The lowest BCUT2D eigenvalue weighted by molar-refractivity contribution is 0.0902. The van der Waals surface area contributed by atoms with E-state index in [1.54, 1.807) is 18.2 Å². The van der Waals surface area contributed by atoms with Crippen LogP contribution in [0.15, 0.2) is 45.8 Å². The van der Waals surface area contributed by atoms with Crippen molar-refractivity contribution in [2.75, 3.05) is 25.1 Å². The highest BCUT2D eigenvalue weighted by atomic mass is 19.1. The average molecular weight is 346 g/mol. The van der Waals surface area contributed by atoms with E-state index in [0.717, 1.165) is 31.7 Å². The lowest BCUT2D eigenvalue weighted by Crippen LogP contribution is -2.48. The van der Waals surface area contributed by atoms with Crippen molar-refractivity contribution in [3.63, 3.8) is 0 Å². The highest BCUT2D eigenvalue weighted by Crippen LogP contribution is 2.23. The average Bonchev–Trinajstić information content (AvgIpc) is 2.62. The molecule has 1 aromatic heterocycles. The molecule has 1 aromatic carbocycles. The van der Waals surface area contributed by atoms with Crippen LogP contribution in [0.4, 0.5) is 10.1 Å². The number of rotatable bonds is 4. The van der Waals surface area contributed by atoms with Gasteiger partial charge in [-0.1, -0.05) is 12.1 Å². The van der Waals surface area contributed by atoms with E-state index in [1.807, 2.05) is 4.90 Å². The first-order chi connectivity index (χ1) is 12.1. The Labute approximate surface area is 144 Å². The Morgan fingerprint density at radius 1 is 1.40 bits per heavy atom. The molecule has 2 heterocycles. The van der Waals surface area contributed by atoms with Gasteiger partial charge >= 0.3 is 0 Å². The van der Waals surface area contributed by atoms with Gasteiger partial charge in [0.2, 0.25) is 11.2 Å². The van der Waals surface area contributed by atoms with E-state index in [2.05, 4.69) is 5.32 Å². The van der Waals surface area contributed by atoms with E-state index in [-0.39, 0.29) is 23.4 Å². The number of anilines is 1. The number of nitrogens with zero attached hydrogens (tertiary/aromatic N) is 1. The number of ether oxygens (including phenoxy) is 1. The zero-order valence-corrected chi connectivity index (χ0v) is 13.8. The second-order valence-corrected chi connectivity index (χ2v) is 5.89. The van der Waals surface area contributed by atoms with Gasteiger partial charge in [-0.05, 0) is 25.0 Å². The number of hydrogen-bond acceptors (Lipinski definition) is 5. The summed E-state index contributed by atoms with van der Waals surface area (Å²) in [5.41, 5.74) is 0.105. The summed E-state index contributed by atoms with van der Waals surface area (Å²) >= 11 is 0. The third-order valence-corrected chi connectivity index (χ3v) is 4.19. The highest BCUT2D eigenvalue weighted by Gasteiger charge is 2.24. The summed E-state index contributed by atoms with van der Waals surface area (Å²) in [6, 6.07) is 7.52. The normalized spacial score (nSPS) is 17.2. The molecule has 0 radical (unpaired) electrons. The van der Waals surface area contributed by atoms with E-state index >= 15 is 0 Å². The third-order valence-electron chi connectivity index (χ3n) is 4.19. The molecule has 6 nitrogen and oxygen atoms in total. The van der Waals surface area contributed by atoms with E-state index in [4.69, 9.17) is 9.15 Å². The first kappa shape index (κ1) is 17.0. The summed E-state index contributed by atoms with van der Waals surface area (Å²) in [5, 5.41) is 2.84. The first-order valence-electron chi connectivity index (χ1n) is 8.05. The third kappa shape index (κ3) is 3.81. The fourth-order valence-corrected chi connectivity index (χ4v) is 2.95. The summed E-state index contributed by atoms with van der Waals surface area (Å²) in [5.74, 6) is -0.787. The number of piperidine rings is 1. The van der Waals surface area contributed by atoms with Gasteiger partial charge in [-0.15, -0.1) is 0 Å². The molecule has 0 spiro atoms. The predicted octanol–water partition coefficient (Wildman–Crippen LogP) is 2.19. The summed E-state index contributed by atoms with van der Waals surface area (Å²) in [6.45, 7) is 1.22. The fraction of sp³-hybridized carbons (Fsp3) is 0.333. The molecule has 0 bridgehead atoms. The molecular weight excluding hydrogens is 327 g/mol. The number of hydrogen-bond donors (Lipinski definition) is 1. The first-order valence-corrected chi connectivity index (χ1v) is 8.05.